The molecule has 0 aromatic heterocycles. The smallest absolute Gasteiger partial charge is 0.331 e. The van der Waals surface area contributed by atoms with E-state index in [1.54, 1.807) is 6.08 Å². The monoisotopic (exact) mass is 229 g/mol. The molecular formula is C12H23NO3. The first-order valence-electron chi connectivity index (χ1n) is 5.80. The summed E-state index contributed by atoms with van der Waals surface area (Å²) in [6, 6.07) is 0.356. The number of aliphatic hydroxyl groups is 1. The van der Waals surface area contributed by atoms with Crippen molar-refractivity contribution in [1.82, 2.24) is 4.90 Å². The Hall–Kier alpha value is -0.870. The summed E-state index contributed by atoms with van der Waals surface area (Å²) in [6.07, 6.45) is 3.03. The van der Waals surface area contributed by atoms with Crippen molar-refractivity contribution in [2.24, 2.45) is 0 Å². The van der Waals surface area contributed by atoms with Gasteiger partial charge in [0.15, 0.2) is 0 Å². The molecule has 0 aliphatic heterocycles. The van der Waals surface area contributed by atoms with Crippen molar-refractivity contribution >= 4 is 5.97 Å². The molecule has 0 aromatic carbocycles. The summed E-state index contributed by atoms with van der Waals surface area (Å²) in [7, 11) is 0. The Bertz CT molecular complexity index is 236. The van der Waals surface area contributed by atoms with Crippen LogP contribution in [0, 0.1) is 0 Å². The highest BCUT2D eigenvalue weighted by molar-refractivity contribution is 5.86. The molecule has 0 aliphatic carbocycles. The fourth-order valence-corrected chi connectivity index (χ4v) is 1.44. The Morgan fingerprint density at radius 1 is 1.44 bits per heavy atom. The fourth-order valence-electron chi connectivity index (χ4n) is 1.44. The maximum absolute atomic E-state index is 10.8. The maximum Gasteiger partial charge on any atom is 0.331 e. The van der Waals surface area contributed by atoms with E-state index in [2.05, 4.69) is 18.7 Å². The Morgan fingerprint density at radius 3 is 2.44 bits per heavy atom. The fraction of sp³-hybridized carbons (Fsp3) is 0.750. The number of hydrogen-bond donors (Lipinski definition) is 2. The Labute approximate surface area is 97.6 Å². The number of aliphatic carboxylic acids is 1. The molecule has 0 bridgehead atoms. The van der Waals surface area contributed by atoms with Crippen LogP contribution in [0.5, 0.6) is 0 Å². The summed E-state index contributed by atoms with van der Waals surface area (Å²) < 4.78 is 0. The Morgan fingerprint density at radius 2 is 2.06 bits per heavy atom. The first-order valence-corrected chi connectivity index (χ1v) is 5.80. The first kappa shape index (κ1) is 15.1. The molecule has 0 amide bonds. The highest BCUT2D eigenvalue weighted by Gasteiger charge is 2.09. The van der Waals surface area contributed by atoms with Crippen molar-refractivity contribution in [3.05, 3.63) is 11.6 Å². The van der Waals surface area contributed by atoms with Crippen LogP contribution in [0.25, 0.3) is 0 Å². The largest absolute Gasteiger partial charge is 0.478 e. The summed E-state index contributed by atoms with van der Waals surface area (Å²) in [5.41, 5.74) is 0.453. The average Bonchev–Trinajstić information content (AvgIpc) is 2.22. The molecule has 0 saturated carbocycles. The lowest BCUT2D eigenvalue weighted by Crippen LogP contribution is -2.32. The number of carboxylic acids is 1. The molecule has 0 rings (SSSR count). The lowest BCUT2D eigenvalue weighted by Gasteiger charge is -2.24. The van der Waals surface area contributed by atoms with Crippen molar-refractivity contribution in [1.29, 1.82) is 0 Å². The van der Waals surface area contributed by atoms with Crippen LogP contribution in [0.2, 0.25) is 0 Å². The van der Waals surface area contributed by atoms with Gasteiger partial charge >= 0.3 is 5.97 Å². The van der Waals surface area contributed by atoms with Gasteiger partial charge in [-0.3, -0.25) is 4.90 Å². The first-order chi connectivity index (χ1) is 7.52. The molecule has 0 aliphatic rings. The standard InChI is InChI=1S/C12H23NO3/c1-4-11(12(15)16)6-8-13(10(2)3)7-5-9-14/h6,10,14H,4-5,7-9H2,1-3H3,(H,15,16). The molecule has 0 unspecified atom stereocenters. The number of nitrogens with zero attached hydrogens (tertiary/aromatic N) is 1. The van der Waals surface area contributed by atoms with Crippen LogP contribution < -0.4 is 0 Å². The normalized spacial score (nSPS) is 12.5. The van der Waals surface area contributed by atoms with Gasteiger partial charge in [-0.25, -0.2) is 4.79 Å². The highest BCUT2D eigenvalue weighted by atomic mass is 16.4. The topological polar surface area (TPSA) is 60.8 Å². The van der Waals surface area contributed by atoms with E-state index >= 15 is 0 Å². The molecule has 4 nitrogen and oxygen atoms in total. The summed E-state index contributed by atoms with van der Waals surface area (Å²) in [5.74, 6) is -0.839. The minimum absolute atomic E-state index is 0.173. The second-order valence-corrected chi connectivity index (χ2v) is 4.05. The van der Waals surface area contributed by atoms with Crippen molar-refractivity contribution < 1.29 is 15.0 Å². The van der Waals surface area contributed by atoms with Crippen LogP contribution in [-0.4, -0.2) is 46.8 Å². The van der Waals surface area contributed by atoms with Gasteiger partial charge in [-0.1, -0.05) is 13.0 Å². The Balaban J connectivity index is 4.33. The molecule has 0 aromatic rings. The van der Waals surface area contributed by atoms with Crippen molar-refractivity contribution in [3.8, 4) is 0 Å². The zero-order chi connectivity index (χ0) is 12.6. The molecule has 0 saturated heterocycles. The van der Waals surface area contributed by atoms with Crippen LogP contribution in [0.4, 0.5) is 0 Å². The SMILES string of the molecule is CCC(=CCN(CCCO)C(C)C)C(=O)O. The van der Waals surface area contributed by atoms with E-state index < -0.39 is 5.97 Å². The molecule has 0 atom stereocenters. The van der Waals surface area contributed by atoms with Gasteiger partial charge in [0.25, 0.3) is 0 Å². The average molecular weight is 229 g/mol. The lowest BCUT2D eigenvalue weighted by molar-refractivity contribution is -0.132. The lowest BCUT2D eigenvalue weighted by atomic mass is 10.2. The van der Waals surface area contributed by atoms with E-state index in [9.17, 15) is 4.79 Å². The number of hydrogen-bond acceptors (Lipinski definition) is 3. The number of carbonyl (C=O) groups is 1. The van der Waals surface area contributed by atoms with Crippen LogP contribution in [-0.2, 0) is 4.79 Å². The third-order valence-corrected chi connectivity index (χ3v) is 2.56. The third-order valence-electron chi connectivity index (χ3n) is 2.56. The summed E-state index contributed by atoms with van der Waals surface area (Å²) >= 11 is 0. The van der Waals surface area contributed by atoms with Crippen molar-refractivity contribution in [2.75, 3.05) is 19.7 Å². The Kier molecular flexibility index (Phi) is 7.85. The molecule has 2 N–H and O–H groups in total. The van der Waals surface area contributed by atoms with E-state index in [1.165, 1.54) is 0 Å². The van der Waals surface area contributed by atoms with Gasteiger partial charge < -0.3 is 10.2 Å². The van der Waals surface area contributed by atoms with Crippen molar-refractivity contribution in [2.45, 2.75) is 39.7 Å². The summed E-state index contributed by atoms with van der Waals surface area (Å²) in [5, 5.41) is 17.6. The number of aliphatic hydroxyl groups excluding tert-OH is 1. The van der Waals surface area contributed by atoms with E-state index in [-0.39, 0.29) is 6.61 Å². The van der Waals surface area contributed by atoms with E-state index in [1.807, 2.05) is 6.92 Å². The van der Waals surface area contributed by atoms with Gasteiger partial charge in [0.05, 0.1) is 0 Å². The van der Waals surface area contributed by atoms with Crippen molar-refractivity contribution in [3.63, 3.8) is 0 Å². The molecule has 0 fully saturated rings. The van der Waals surface area contributed by atoms with Crippen LogP contribution in [0.15, 0.2) is 11.6 Å². The van der Waals surface area contributed by atoms with Gasteiger partial charge in [-0.2, -0.15) is 0 Å². The molecule has 16 heavy (non-hydrogen) atoms. The molecule has 0 heterocycles. The molecule has 0 radical (unpaired) electrons. The van der Waals surface area contributed by atoms with Gasteiger partial charge in [0, 0.05) is 31.3 Å². The maximum atomic E-state index is 10.8. The summed E-state index contributed by atoms with van der Waals surface area (Å²) in [4.78, 5) is 12.9. The minimum Gasteiger partial charge on any atom is -0.478 e. The van der Waals surface area contributed by atoms with Gasteiger partial charge in [0.2, 0.25) is 0 Å². The van der Waals surface area contributed by atoms with Crippen LogP contribution in [0.1, 0.15) is 33.6 Å². The molecule has 0 spiro atoms. The van der Waals surface area contributed by atoms with E-state index in [0.717, 1.165) is 13.0 Å². The number of carboxylic acid groups (broad SMARTS) is 1. The van der Waals surface area contributed by atoms with E-state index in [0.29, 0.717) is 24.6 Å². The van der Waals surface area contributed by atoms with E-state index in [4.69, 9.17) is 10.2 Å². The number of rotatable bonds is 8. The quantitative estimate of drug-likeness (QED) is 0.619. The van der Waals surface area contributed by atoms with Gasteiger partial charge in [-0.15, -0.1) is 0 Å². The minimum atomic E-state index is -0.839. The molecule has 4 heteroatoms. The molecule has 94 valence electrons. The zero-order valence-corrected chi connectivity index (χ0v) is 10.4. The van der Waals surface area contributed by atoms with Gasteiger partial charge in [0.1, 0.15) is 0 Å². The summed E-state index contributed by atoms with van der Waals surface area (Å²) in [6.45, 7) is 7.57. The van der Waals surface area contributed by atoms with Gasteiger partial charge in [-0.05, 0) is 26.7 Å². The third kappa shape index (κ3) is 5.88. The second-order valence-electron chi connectivity index (χ2n) is 4.05. The predicted molar refractivity (Wildman–Crippen MR) is 64.4 cm³/mol. The predicted octanol–water partition coefficient (Wildman–Crippen LogP) is 1.50. The zero-order valence-electron chi connectivity index (χ0n) is 10.4. The highest BCUT2D eigenvalue weighted by Crippen LogP contribution is 2.04. The van der Waals surface area contributed by atoms with Crippen LogP contribution >= 0.6 is 0 Å². The second kappa shape index (κ2) is 8.30. The molecular weight excluding hydrogens is 206 g/mol. The van der Waals surface area contributed by atoms with Crippen LogP contribution in [0.3, 0.4) is 0 Å².